The van der Waals surface area contributed by atoms with E-state index in [-0.39, 0.29) is 4.90 Å². The number of hydrazone groups is 1. The van der Waals surface area contributed by atoms with Gasteiger partial charge in [0.2, 0.25) is 0 Å². The van der Waals surface area contributed by atoms with Gasteiger partial charge < -0.3 is 9.47 Å². The Labute approximate surface area is 174 Å². The van der Waals surface area contributed by atoms with Crippen molar-refractivity contribution in [3.8, 4) is 11.5 Å². The zero-order chi connectivity index (χ0) is 20.7. The van der Waals surface area contributed by atoms with Gasteiger partial charge in [-0.05, 0) is 53.6 Å². The predicted molar refractivity (Wildman–Crippen MR) is 113 cm³/mol. The molecule has 0 saturated heterocycles. The maximum absolute atomic E-state index is 12.2. The molecule has 0 atom stereocenters. The third-order valence-electron chi connectivity index (χ3n) is 3.94. The highest BCUT2D eigenvalue weighted by Crippen LogP contribution is 2.28. The molecule has 3 rings (SSSR count). The van der Waals surface area contributed by atoms with Crippen molar-refractivity contribution in [1.82, 2.24) is 4.83 Å². The number of nitrogens with one attached hydrogen (secondary N) is 1. The van der Waals surface area contributed by atoms with Crippen molar-refractivity contribution in [2.75, 3.05) is 7.11 Å². The van der Waals surface area contributed by atoms with Gasteiger partial charge in [-0.15, -0.1) is 0 Å². The van der Waals surface area contributed by atoms with E-state index in [1.165, 1.54) is 30.5 Å². The molecule has 0 spiro atoms. The first-order chi connectivity index (χ1) is 14.0. The molecule has 8 heteroatoms. The summed E-state index contributed by atoms with van der Waals surface area (Å²) in [6.07, 6.45) is 1.39. The summed E-state index contributed by atoms with van der Waals surface area (Å²) in [6, 6.07) is 20.7. The number of benzene rings is 3. The normalized spacial score (nSPS) is 11.4. The van der Waals surface area contributed by atoms with Crippen LogP contribution in [0.5, 0.6) is 11.5 Å². The van der Waals surface area contributed by atoms with E-state index in [1.807, 2.05) is 30.3 Å². The van der Waals surface area contributed by atoms with Crippen molar-refractivity contribution in [2.45, 2.75) is 11.5 Å². The second-order valence-electron chi connectivity index (χ2n) is 5.99. The fourth-order valence-electron chi connectivity index (χ4n) is 2.46. The minimum absolute atomic E-state index is 0.0701. The third kappa shape index (κ3) is 5.73. The molecule has 0 saturated carbocycles. The number of sulfonamides is 1. The van der Waals surface area contributed by atoms with Gasteiger partial charge in [0, 0.05) is 5.02 Å². The number of halogens is 1. The quantitative estimate of drug-likeness (QED) is 0.428. The van der Waals surface area contributed by atoms with Crippen LogP contribution in [-0.2, 0) is 16.6 Å². The van der Waals surface area contributed by atoms with Gasteiger partial charge in [0.15, 0.2) is 11.5 Å². The summed E-state index contributed by atoms with van der Waals surface area (Å²) in [4.78, 5) is 2.25. The SMILES string of the molecule is COc1ccc(/C=N\NS(=O)(=O)c2ccc(Cl)cc2)cc1OCc1ccccc1. The molecule has 6 nitrogen and oxygen atoms in total. The number of nitrogens with zero attached hydrogens (tertiary/aromatic N) is 1. The minimum Gasteiger partial charge on any atom is -0.493 e. The molecule has 0 aliphatic carbocycles. The van der Waals surface area contributed by atoms with E-state index in [9.17, 15) is 8.42 Å². The molecule has 29 heavy (non-hydrogen) atoms. The van der Waals surface area contributed by atoms with Gasteiger partial charge in [-0.3, -0.25) is 0 Å². The number of hydrogen-bond donors (Lipinski definition) is 1. The molecule has 150 valence electrons. The molecule has 0 aliphatic rings. The molecule has 0 aromatic heterocycles. The molecule has 0 fully saturated rings. The highest BCUT2D eigenvalue weighted by Gasteiger charge is 2.12. The number of methoxy groups -OCH3 is 1. The van der Waals surface area contributed by atoms with Gasteiger partial charge in [0.05, 0.1) is 18.2 Å². The van der Waals surface area contributed by atoms with Crippen LogP contribution in [0.3, 0.4) is 0 Å². The van der Waals surface area contributed by atoms with Crippen LogP contribution in [0.4, 0.5) is 0 Å². The molecule has 0 unspecified atom stereocenters. The smallest absolute Gasteiger partial charge is 0.276 e. The molecule has 0 bridgehead atoms. The summed E-state index contributed by atoms with van der Waals surface area (Å²) in [5.74, 6) is 1.10. The standard InChI is InChI=1S/C21H19ClN2O4S/c1-27-20-12-7-17(13-21(20)28-15-16-5-3-2-4-6-16)14-23-24-29(25,26)19-10-8-18(22)9-11-19/h2-14,24H,15H2,1H3/b23-14-. The van der Waals surface area contributed by atoms with Crippen LogP contribution in [0.1, 0.15) is 11.1 Å². The fraction of sp³-hybridized carbons (Fsp3) is 0.0952. The average Bonchev–Trinajstić information content (AvgIpc) is 2.73. The monoisotopic (exact) mass is 430 g/mol. The highest BCUT2D eigenvalue weighted by atomic mass is 35.5. The highest BCUT2D eigenvalue weighted by molar-refractivity contribution is 7.89. The summed E-state index contributed by atoms with van der Waals surface area (Å²) >= 11 is 5.78. The van der Waals surface area contributed by atoms with Crippen LogP contribution >= 0.6 is 11.6 Å². The van der Waals surface area contributed by atoms with E-state index in [0.29, 0.717) is 28.7 Å². The Bertz CT molecular complexity index is 1090. The Morgan fingerprint density at radius 1 is 1.00 bits per heavy atom. The lowest BCUT2D eigenvalue weighted by Gasteiger charge is -2.11. The summed E-state index contributed by atoms with van der Waals surface area (Å²) < 4.78 is 35.7. The van der Waals surface area contributed by atoms with E-state index < -0.39 is 10.0 Å². The third-order valence-corrected chi connectivity index (χ3v) is 5.43. The first kappa shape index (κ1) is 20.7. The Morgan fingerprint density at radius 2 is 1.72 bits per heavy atom. The maximum atomic E-state index is 12.2. The van der Waals surface area contributed by atoms with E-state index in [0.717, 1.165) is 5.56 Å². The minimum atomic E-state index is -3.78. The Morgan fingerprint density at radius 3 is 2.41 bits per heavy atom. The second kappa shape index (κ2) is 9.45. The van der Waals surface area contributed by atoms with E-state index in [2.05, 4.69) is 9.93 Å². The van der Waals surface area contributed by atoms with Gasteiger partial charge in [-0.25, -0.2) is 4.83 Å². The van der Waals surface area contributed by atoms with Crippen molar-refractivity contribution in [3.05, 3.63) is 88.9 Å². The number of rotatable bonds is 8. The molecule has 1 N–H and O–H groups in total. The number of hydrogen-bond acceptors (Lipinski definition) is 5. The second-order valence-corrected chi connectivity index (χ2v) is 8.09. The summed E-state index contributed by atoms with van der Waals surface area (Å²) in [5, 5.41) is 4.29. The zero-order valence-corrected chi connectivity index (χ0v) is 17.2. The fourth-order valence-corrected chi connectivity index (χ4v) is 3.38. The van der Waals surface area contributed by atoms with Gasteiger partial charge in [-0.1, -0.05) is 41.9 Å². The molecule has 0 heterocycles. The summed E-state index contributed by atoms with van der Waals surface area (Å²) in [5.41, 5.74) is 1.66. The van der Waals surface area contributed by atoms with Crippen molar-refractivity contribution in [3.63, 3.8) is 0 Å². The Kier molecular flexibility index (Phi) is 6.74. The predicted octanol–water partition coefficient (Wildman–Crippen LogP) is 4.24. The van der Waals surface area contributed by atoms with Gasteiger partial charge >= 0.3 is 0 Å². The van der Waals surface area contributed by atoms with Gasteiger partial charge in [0.1, 0.15) is 6.61 Å². The van der Waals surface area contributed by atoms with Crippen molar-refractivity contribution >= 4 is 27.8 Å². The van der Waals surface area contributed by atoms with E-state index in [1.54, 1.807) is 25.3 Å². The van der Waals surface area contributed by atoms with Crippen LogP contribution in [0.25, 0.3) is 0 Å². The first-order valence-corrected chi connectivity index (χ1v) is 10.5. The molecular weight excluding hydrogens is 412 g/mol. The van der Waals surface area contributed by atoms with E-state index in [4.69, 9.17) is 21.1 Å². The van der Waals surface area contributed by atoms with Crippen molar-refractivity contribution in [1.29, 1.82) is 0 Å². The van der Waals surface area contributed by atoms with Crippen molar-refractivity contribution < 1.29 is 17.9 Å². The summed E-state index contributed by atoms with van der Waals surface area (Å²) in [7, 11) is -2.22. The zero-order valence-electron chi connectivity index (χ0n) is 15.6. The molecular formula is C21H19ClN2O4S. The van der Waals surface area contributed by atoms with Crippen LogP contribution in [0.15, 0.2) is 82.8 Å². The molecule has 0 aliphatic heterocycles. The van der Waals surface area contributed by atoms with Crippen LogP contribution < -0.4 is 14.3 Å². The summed E-state index contributed by atoms with van der Waals surface area (Å²) in [6.45, 7) is 0.376. The Balaban J connectivity index is 1.71. The average molecular weight is 431 g/mol. The van der Waals surface area contributed by atoms with Gasteiger partial charge in [-0.2, -0.15) is 13.5 Å². The largest absolute Gasteiger partial charge is 0.493 e. The molecule has 0 radical (unpaired) electrons. The van der Waals surface area contributed by atoms with Gasteiger partial charge in [0.25, 0.3) is 10.0 Å². The van der Waals surface area contributed by atoms with Crippen LogP contribution in [0, 0.1) is 0 Å². The lowest BCUT2D eigenvalue weighted by molar-refractivity contribution is 0.284. The van der Waals surface area contributed by atoms with Crippen molar-refractivity contribution in [2.24, 2.45) is 5.10 Å². The first-order valence-electron chi connectivity index (χ1n) is 8.63. The number of ether oxygens (including phenoxy) is 2. The maximum Gasteiger partial charge on any atom is 0.276 e. The van der Waals surface area contributed by atoms with E-state index >= 15 is 0 Å². The molecule has 0 amide bonds. The Hall–Kier alpha value is -3.03. The van der Waals surface area contributed by atoms with Crippen LogP contribution in [0.2, 0.25) is 5.02 Å². The molecule has 3 aromatic carbocycles. The molecule has 3 aromatic rings. The van der Waals surface area contributed by atoms with Crippen LogP contribution in [-0.4, -0.2) is 21.7 Å². The lowest BCUT2D eigenvalue weighted by atomic mass is 10.2. The lowest BCUT2D eigenvalue weighted by Crippen LogP contribution is -2.18. The topological polar surface area (TPSA) is 77.0 Å².